The molecule has 0 aliphatic carbocycles. The van der Waals surface area contributed by atoms with Crippen LogP contribution in [0.4, 0.5) is 4.39 Å². The van der Waals surface area contributed by atoms with Crippen molar-refractivity contribution in [3.8, 4) is 0 Å². The quantitative estimate of drug-likeness (QED) is 0.615. The van der Waals surface area contributed by atoms with Crippen LogP contribution >= 0.6 is 11.6 Å². The number of carbonyl (C=O) groups excluding carboxylic acids is 2. The molecule has 3 rings (SSSR count). The molecule has 0 saturated carbocycles. The van der Waals surface area contributed by atoms with Gasteiger partial charge in [-0.25, -0.2) is 4.39 Å². The summed E-state index contributed by atoms with van der Waals surface area (Å²) in [6.45, 7) is 0.237. The summed E-state index contributed by atoms with van der Waals surface area (Å²) in [6.07, 6.45) is 0.343. The number of benzene rings is 3. The molecule has 148 valence electrons. The van der Waals surface area contributed by atoms with Crippen LogP contribution < -0.4 is 10.6 Å². The average molecular weight is 411 g/mol. The fraction of sp³-hybridized carbons (Fsp3) is 0.130. The first-order valence-corrected chi connectivity index (χ1v) is 9.51. The first-order chi connectivity index (χ1) is 14.0. The van der Waals surface area contributed by atoms with Gasteiger partial charge in [-0.2, -0.15) is 0 Å². The molecule has 0 bridgehead atoms. The fourth-order valence-electron chi connectivity index (χ4n) is 2.82. The van der Waals surface area contributed by atoms with Gasteiger partial charge in [0.15, 0.2) is 0 Å². The number of carbonyl (C=O) groups is 2. The first kappa shape index (κ1) is 20.6. The van der Waals surface area contributed by atoms with Crippen LogP contribution in [0.25, 0.3) is 0 Å². The lowest BCUT2D eigenvalue weighted by Crippen LogP contribution is -2.47. The van der Waals surface area contributed by atoms with Crippen molar-refractivity contribution in [2.45, 2.75) is 19.0 Å². The van der Waals surface area contributed by atoms with Gasteiger partial charge in [-0.15, -0.1) is 0 Å². The molecule has 3 aromatic rings. The van der Waals surface area contributed by atoms with Gasteiger partial charge in [-0.3, -0.25) is 9.59 Å². The molecule has 0 saturated heterocycles. The summed E-state index contributed by atoms with van der Waals surface area (Å²) >= 11 is 5.87. The summed E-state index contributed by atoms with van der Waals surface area (Å²) in [5.41, 5.74) is 2.10. The van der Waals surface area contributed by atoms with Crippen molar-refractivity contribution in [2.24, 2.45) is 0 Å². The second-order valence-corrected chi connectivity index (χ2v) is 7.00. The molecule has 0 spiro atoms. The number of hydrogen-bond donors (Lipinski definition) is 2. The molecule has 0 aliphatic rings. The third kappa shape index (κ3) is 6.16. The van der Waals surface area contributed by atoms with E-state index < -0.39 is 6.04 Å². The summed E-state index contributed by atoms with van der Waals surface area (Å²) in [6, 6.07) is 21.0. The SMILES string of the molecule is O=C(N[C@@H](Cc1ccccc1)C(=O)NCc1ccc(F)cc1)c1ccc(Cl)cc1. The number of amides is 2. The largest absolute Gasteiger partial charge is 0.350 e. The minimum absolute atomic E-state index is 0.237. The van der Waals surface area contributed by atoms with E-state index in [0.717, 1.165) is 11.1 Å². The monoisotopic (exact) mass is 410 g/mol. The summed E-state index contributed by atoms with van der Waals surface area (Å²) in [4.78, 5) is 25.4. The molecule has 6 heteroatoms. The highest BCUT2D eigenvalue weighted by molar-refractivity contribution is 6.30. The summed E-state index contributed by atoms with van der Waals surface area (Å²) in [7, 11) is 0. The van der Waals surface area contributed by atoms with Crippen molar-refractivity contribution >= 4 is 23.4 Å². The van der Waals surface area contributed by atoms with E-state index in [2.05, 4.69) is 10.6 Å². The molecule has 29 heavy (non-hydrogen) atoms. The van der Waals surface area contributed by atoms with Gasteiger partial charge in [0, 0.05) is 23.6 Å². The molecule has 2 amide bonds. The van der Waals surface area contributed by atoms with Gasteiger partial charge in [-0.05, 0) is 47.5 Å². The predicted octanol–water partition coefficient (Wildman–Crippen LogP) is 4.14. The molecule has 0 aliphatic heterocycles. The number of hydrogen-bond acceptors (Lipinski definition) is 2. The van der Waals surface area contributed by atoms with Gasteiger partial charge >= 0.3 is 0 Å². The van der Waals surface area contributed by atoms with Crippen LogP contribution in [0.15, 0.2) is 78.9 Å². The molecule has 0 aromatic heterocycles. The highest BCUT2D eigenvalue weighted by atomic mass is 35.5. The number of halogens is 2. The van der Waals surface area contributed by atoms with Crippen LogP contribution in [0.2, 0.25) is 5.02 Å². The highest BCUT2D eigenvalue weighted by Gasteiger charge is 2.22. The third-order valence-electron chi connectivity index (χ3n) is 4.39. The molecule has 3 aromatic carbocycles. The van der Waals surface area contributed by atoms with Crippen molar-refractivity contribution in [3.63, 3.8) is 0 Å². The Hall–Kier alpha value is -3.18. The van der Waals surface area contributed by atoms with Gasteiger partial charge in [-0.1, -0.05) is 54.1 Å². The first-order valence-electron chi connectivity index (χ1n) is 9.14. The smallest absolute Gasteiger partial charge is 0.251 e. The van der Waals surface area contributed by atoms with E-state index in [9.17, 15) is 14.0 Å². The zero-order valence-corrected chi connectivity index (χ0v) is 16.3. The summed E-state index contributed by atoms with van der Waals surface area (Å²) < 4.78 is 13.0. The maximum atomic E-state index is 13.0. The topological polar surface area (TPSA) is 58.2 Å². The van der Waals surface area contributed by atoms with Crippen molar-refractivity contribution in [3.05, 3.63) is 106 Å². The van der Waals surface area contributed by atoms with E-state index >= 15 is 0 Å². The molecule has 0 heterocycles. The molecule has 0 unspecified atom stereocenters. The Bertz CT molecular complexity index is 960. The predicted molar refractivity (Wildman–Crippen MR) is 111 cm³/mol. The van der Waals surface area contributed by atoms with Crippen LogP contribution in [0.5, 0.6) is 0 Å². The Balaban J connectivity index is 1.70. The highest BCUT2D eigenvalue weighted by Crippen LogP contribution is 2.11. The second kappa shape index (κ2) is 9.85. The number of nitrogens with one attached hydrogen (secondary N) is 2. The number of rotatable bonds is 7. The van der Waals surface area contributed by atoms with Crippen molar-refractivity contribution in [1.29, 1.82) is 0 Å². The average Bonchev–Trinajstić information content (AvgIpc) is 2.74. The zero-order chi connectivity index (χ0) is 20.6. The van der Waals surface area contributed by atoms with E-state index in [4.69, 9.17) is 11.6 Å². The molecule has 0 fully saturated rings. The Labute approximate surface area is 173 Å². The van der Waals surface area contributed by atoms with E-state index in [0.29, 0.717) is 17.0 Å². The van der Waals surface area contributed by atoms with Crippen LogP contribution in [0, 0.1) is 5.82 Å². The van der Waals surface area contributed by atoms with Gasteiger partial charge < -0.3 is 10.6 Å². The Morgan fingerprint density at radius 2 is 1.52 bits per heavy atom. The minimum atomic E-state index is -0.763. The standard InChI is InChI=1S/C23H20ClFN2O2/c24-19-10-8-18(9-11-19)22(28)27-21(14-16-4-2-1-3-5-16)23(29)26-15-17-6-12-20(25)13-7-17/h1-13,21H,14-15H2,(H,26,29)(H,27,28)/t21-/m0/s1. The van der Waals surface area contributed by atoms with E-state index in [1.165, 1.54) is 12.1 Å². The summed E-state index contributed by atoms with van der Waals surface area (Å²) in [5, 5.41) is 6.13. The normalized spacial score (nSPS) is 11.5. The Morgan fingerprint density at radius 3 is 2.17 bits per heavy atom. The van der Waals surface area contributed by atoms with Crippen LogP contribution in [0.1, 0.15) is 21.5 Å². The molecule has 4 nitrogen and oxygen atoms in total. The van der Waals surface area contributed by atoms with Crippen molar-refractivity contribution in [1.82, 2.24) is 10.6 Å². The molecule has 0 radical (unpaired) electrons. The molecule has 1 atom stereocenters. The lowest BCUT2D eigenvalue weighted by atomic mass is 10.0. The Kier molecular flexibility index (Phi) is 6.98. The van der Waals surface area contributed by atoms with E-state index in [-0.39, 0.29) is 24.2 Å². The molecular weight excluding hydrogens is 391 g/mol. The van der Waals surface area contributed by atoms with Gasteiger partial charge in [0.2, 0.25) is 5.91 Å². The lowest BCUT2D eigenvalue weighted by Gasteiger charge is -2.19. The van der Waals surface area contributed by atoms with Gasteiger partial charge in [0.25, 0.3) is 5.91 Å². The van der Waals surface area contributed by atoms with Gasteiger partial charge in [0.05, 0.1) is 0 Å². The fourth-order valence-corrected chi connectivity index (χ4v) is 2.94. The summed E-state index contributed by atoms with van der Waals surface area (Å²) in [5.74, 6) is -1.02. The Morgan fingerprint density at radius 1 is 0.862 bits per heavy atom. The third-order valence-corrected chi connectivity index (χ3v) is 4.64. The lowest BCUT2D eigenvalue weighted by molar-refractivity contribution is -0.123. The van der Waals surface area contributed by atoms with Crippen LogP contribution in [0.3, 0.4) is 0 Å². The van der Waals surface area contributed by atoms with Crippen molar-refractivity contribution in [2.75, 3.05) is 0 Å². The van der Waals surface area contributed by atoms with Gasteiger partial charge in [0.1, 0.15) is 11.9 Å². The molecule has 2 N–H and O–H groups in total. The minimum Gasteiger partial charge on any atom is -0.350 e. The molecular formula is C23H20ClFN2O2. The maximum Gasteiger partial charge on any atom is 0.251 e. The van der Waals surface area contributed by atoms with Crippen LogP contribution in [-0.4, -0.2) is 17.9 Å². The maximum absolute atomic E-state index is 13.0. The zero-order valence-electron chi connectivity index (χ0n) is 15.6. The van der Waals surface area contributed by atoms with Crippen molar-refractivity contribution < 1.29 is 14.0 Å². The van der Waals surface area contributed by atoms with E-state index in [1.54, 1.807) is 36.4 Å². The second-order valence-electron chi connectivity index (χ2n) is 6.57. The van der Waals surface area contributed by atoms with Crippen LogP contribution in [-0.2, 0) is 17.8 Å². The van der Waals surface area contributed by atoms with E-state index in [1.807, 2.05) is 30.3 Å².